The summed E-state index contributed by atoms with van der Waals surface area (Å²) in [6.45, 7) is 14.0. The number of allylic oxidation sites excluding steroid dienone is 1. The van der Waals surface area contributed by atoms with E-state index < -0.39 is 0 Å². The maximum Gasteiger partial charge on any atom is 0.146 e. The normalized spacial score (nSPS) is 15.8. The van der Waals surface area contributed by atoms with Crippen LogP contribution in [0.25, 0.3) is 5.57 Å². The molecule has 1 heterocycles. The number of piperidine rings is 1. The second-order valence-corrected chi connectivity index (χ2v) is 9.99. The Hall–Kier alpha value is -2.91. The summed E-state index contributed by atoms with van der Waals surface area (Å²) in [5.74, 6) is 1.25. The molecule has 0 spiro atoms. The zero-order valence-electron chi connectivity index (χ0n) is 20.8. The number of aryl methyl sites for hydroxylation is 1. The molecule has 1 atom stereocenters. The number of benzene rings is 3. The van der Waals surface area contributed by atoms with Crippen molar-refractivity contribution >= 4 is 16.9 Å². The number of halogens is 1. The lowest BCUT2D eigenvalue weighted by Crippen LogP contribution is -2.35. The lowest BCUT2D eigenvalue weighted by atomic mass is 9.81. The summed E-state index contributed by atoms with van der Waals surface area (Å²) in [7, 11) is 0. The molecule has 3 aromatic rings. The third-order valence-corrected chi connectivity index (χ3v) is 7.33. The summed E-state index contributed by atoms with van der Waals surface area (Å²) in [6.07, 6.45) is 3.69. The summed E-state index contributed by atoms with van der Waals surface area (Å²) < 4.78 is 14.1. The number of rotatable bonds is 8. The molecule has 3 aromatic carbocycles. The van der Waals surface area contributed by atoms with Crippen LogP contribution in [-0.2, 0) is 13.0 Å². The van der Waals surface area contributed by atoms with Crippen LogP contribution in [0.5, 0.6) is 0 Å². The molecule has 1 saturated heterocycles. The number of hydrogen-bond acceptors (Lipinski definition) is 2. The monoisotopic (exact) mass is 456 g/mol. The summed E-state index contributed by atoms with van der Waals surface area (Å²) in [6, 6.07) is 22.0. The summed E-state index contributed by atoms with van der Waals surface area (Å²) in [5, 5.41) is 3.25. The molecule has 178 valence electrons. The average Bonchev–Trinajstić information content (AvgIpc) is 2.83. The first-order valence-corrected chi connectivity index (χ1v) is 12.5. The Morgan fingerprint density at radius 3 is 2.44 bits per heavy atom. The Balaban J connectivity index is 1.36. The highest BCUT2D eigenvalue weighted by molar-refractivity contribution is 5.77. The largest absolute Gasteiger partial charge is 0.353 e. The van der Waals surface area contributed by atoms with E-state index in [2.05, 4.69) is 73.1 Å². The Morgan fingerprint density at radius 2 is 1.74 bits per heavy atom. The van der Waals surface area contributed by atoms with E-state index in [0.717, 1.165) is 42.4 Å². The highest BCUT2D eigenvalue weighted by Gasteiger charge is 2.24. The third-order valence-electron chi connectivity index (χ3n) is 7.33. The van der Waals surface area contributed by atoms with Gasteiger partial charge in [0, 0.05) is 17.8 Å². The number of anilines is 2. The van der Waals surface area contributed by atoms with Crippen LogP contribution in [-0.4, -0.2) is 18.0 Å². The fourth-order valence-electron chi connectivity index (χ4n) is 5.15. The third kappa shape index (κ3) is 5.95. The minimum atomic E-state index is -0.251. The van der Waals surface area contributed by atoms with Crippen molar-refractivity contribution in [1.29, 1.82) is 0 Å². The van der Waals surface area contributed by atoms with Crippen molar-refractivity contribution in [2.45, 2.75) is 46.6 Å². The molecular formula is C31H37FN2. The molecule has 1 unspecified atom stereocenters. The summed E-state index contributed by atoms with van der Waals surface area (Å²) in [5.41, 5.74) is 7.59. The molecule has 2 nitrogen and oxygen atoms in total. The van der Waals surface area contributed by atoms with E-state index in [-0.39, 0.29) is 5.82 Å². The van der Waals surface area contributed by atoms with Crippen molar-refractivity contribution in [1.82, 2.24) is 4.90 Å². The van der Waals surface area contributed by atoms with Gasteiger partial charge >= 0.3 is 0 Å². The van der Waals surface area contributed by atoms with Gasteiger partial charge in [0.1, 0.15) is 5.82 Å². The second kappa shape index (κ2) is 11.0. The lowest BCUT2D eigenvalue weighted by Gasteiger charge is -2.35. The molecule has 0 aromatic heterocycles. The molecule has 0 saturated carbocycles. The van der Waals surface area contributed by atoms with E-state index in [1.54, 1.807) is 12.1 Å². The van der Waals surface area contributed by atoms with Crippen molar-refractivity contribution in [2.24, 2.45) is 11.8 Å². The zero-order chi connectivity index (χ0) is 24.1. The smallest absolute Gasteiger partial charge is 0.146 e. The molecule has 0 aliphatic carbocycles. The van der Waals surface area contributed by atoms with Gasteiger partial charge in [-0.1, -0.05) is 56.0 Å². The molecule has 1 fully saturated rings. The Bertz CT molecular complexity index is 1130. The van der Waals surface area contributed by atoms with Gasteiger partial charge in [-0.25, -0.2) is 4.39 Å². The van der Waals surface area contributed by atoms with E-state index in [1.807, 2.05) is 13.0 Å². The molecule has 0 amide bonds. The van der Waals surface area contributed by atoms with E-state index >= 15 is 0 Å². The lowest BCUT2D eigenvalue weighted by molar-refractivity contribution is 0.146. The predicted molar refractivity (Wildman–Crippen MR) is 143 cm³/mol. The maximum absolute atomic E-state index is 14.1. The van der Waals surface area contributed by atoms with Gasteiger partial charge < -0.3 is 5.32 Å². The zero-order valence-corrected chi connectivity index (χ0v) is 20.8. The first-order valence-electron chi connectivity index (χ1n) is 12.5. The molecule has 1 aliphatic rings. The van der Waals surface area contributed by atoms with Crippen LogP contribution in [0.15, 0.2) is 73.3 Å². The fourth-order valence-corrected chi connectivity index (χ4v) is 5.15. The number of hydrogen-bond donors (Lipinski definition) is 1. The molecule has 0 bridgehead atoms. The Kier molecular flexibility index (Phi) is 7.84. The van der Waals surface area contributed by atoms with Gasteiger partial charge in [0.15, 0.2) is 0 Å². The number of nitrogens with zero attached hydrogens (tertiary/aromatic N) is 1. The number of likely N-dealkylation sites (tertiary alicyclic amines) is 1. The van der Waals surface area contributed by atoms with Crippen molar-refractivity contribution < 1.29 is 4.39 Å². The summed E-state index contributed by atoms with van der Waals surface area (Å²) >= 11 is 0. The highest BCUT2D eigenvalue weighted by atomic mass is 19.1. The van der Waals surface area contributed by atoms with Crippen LogP contribution in [0.4, 0.5) is 15.8 Å². The molecule has 3 heteroatoms. The summed E-state index contributed by atoms with van der Waals surface area (Å²) in [4.78, 5) is 2.57. The van der Waals surface area contributed by atoms with Crippen molar-refractivity contribution in [3.63, 3.8) is 0 Å². The van der Waals surface area contributed by atoms with E-state index in [1.165, 1.54) is 42.0 Å². The number of nitrogens with one attached hydrogen (secondary N) is 1. The molecule has 1 N–H and O–H groups in total. The predicted octanol–water partition coefficient (Wildman–Crippen LogP) is 8.00. The van der Waals surface area contributed by atoms with Gasteiger partial charge in [-0.15, -0.1) is 0 Å². The second-order valence-electron chi connectivity index (χ2n) is 9.99. The van der Waals surface area contributed by atoms with Crippen LogP contribution in [0.1, 0.15) is 48.9 Å². The number of para-hydroxylation sites is 1. The van der Waals surface area contributed by atoms with E-state index in [0.29, 0.717) is 11.6 Å². The average molecular weight is 457 g/mol. The standard InChI is InChI=1S/C31H37FN2/c1-22(2)28-20-25(13-14-30(28)33-31-12-8-7-11-29(31)32)21-34-17-15-26(16-18-34)24(4)19-27-10-6-5-9-23(27)3/h5-14,20,24,26,33H,1,15-19,21H2,2-4H3. The van der Waals surface area contributed by atoms with Gasteiger partial charge in [-0.2, -0.15) is 0 Å². The van der Waals surface area contributed by atoms with E-state index in [4.69, 9.17) is 0 Å². The first-order chi connectivity index (χ1) is 16.4. The van der Waals surface area contributed by atoms with E-state index in [9.17, 15) is 4.39 Å². The van der Waals surface area contributed by atoms with Crippen LogP contribution in [0.3, 0.4) is 0 Å². The van der Waals surface area contributed by atoms with Gasteiger partial charge in [-0.3, -0.25) is 4.90 Å². The van der Waals surface area contributed by atoms with Gasteiger partial charge in [-0.05, 0) is 105 Å². The van der Waals surface area contributed by atoms with Crippen molar-refractivity contribution in [3.05, 3.63) is 101 Å². The van der Waals surface area contributed by atoms with Crippen LogP contribution >= 0.6 is 0 Å². The van der Waals surface area contributed by atoms with Crippen molar-refractivity contribution in [2.75, 3.05) is 18.4 Å². The maximum atomic E-state index is 14.1. The topological polar surface area (TPSA) is 15.3 Å². The Morgan fingerprint density at radius 1 is 1.03 bits per heavy atom. The highest BCUT2D eigenvalue weighted by Crippen LogP contribution is 2.31. The minimum absolute atomic E-state index is 0.251. The van der Waals surface area contributed by atoms with Crippen LogP contribution in [0.2, 0.25) is 0 Å². The van der Waals surface area contributed by atoms with Gasteiger partial charge in [0.05, 0.1) is 5.69 Å². The van der Waals surface area contributed by atoms with Crippen LogP contribution in [0, 0.1) is 24.6 Å². The molecule has 4 rings (SSSR count). The molecule has 0 radical (unpaired) electrons. The first kappa shape index (κ1) is 24.2. The molecule has 1 aliphatic heterocycles. The molecule has 34 heavy (non-hydrogen) atoms. The minimum Gasteiger partial charge on any atom is -0.353 e. The van der Waals surface area contributed by atoms with Gasteiger partial charge in [0.25, 0.3) is 0 Å². The Labute approximate surface area is 204 Å². The van der Waals surface area contributed by atoms with Crippen LogP contribution < -0.4 is 5.32 Å². The fraction of sp³-hybridized carbons (Fsp3) is 0.355. The quantitative estimate of drug-likeness (QED) is 0.369. The van der Waals surface area contributed by atoms with Gasteiger partial charge in [0.2, 0.25) is 0 Å². The SMILES string of the molecule is C=C(C)c1cc(CN2CCC(C(C)Cc3ccccc3C)CC2)ccc1Nc1ccccc1F. The van der Waals surface area contributed by atoms with Crippen molar-refractivity contribution in [3.8, 4) is 0 Å². The molecular weight excluding hydrogens is 419 g/mol.